The van der Waals surface area contributed by atoms with E-state index in [1.165, 1.54) is 0 Å². The number of amides is 1. The average Bonchev–Trinajstić information content (AvgIpc) is 2.35. The van der Waals surface area contributed by atoms with E-state index in [1.54, 1.807) is 7.05 Å². The number of rotatable bonds is 6. The highest BCUT2D eigenvalue weighted by Gasteiger charge is 1.97. The molecule has 16 heavy (non-hydrogen) atoms. The van der Waals surface area contributed by atoms with E-state index in [9.17, 15) is 4.79 Å². The Bertz CT molecular complexity index is 358. The van der Waals surface area contributed by atoms with Crippen molar-refractivity contribution < 1.29 is 9.53 Å². The van der Waals surface area contributed by atoms with Crippen molar-refractivity contribution in [3.8, 4) is 5.75 Å². The summed E-state index contributed by atoms with van der Waals surface area (Å²) in [6.45, 7) is 2.43. The second kappa shape index (κ2) is 6.50. The Morgan fingerprint density at radius 1 is 1.38 bits per heavy atom. The molecule has 0 aliphatic heterocycles. The Balaban J connectivity index is 2.60. The largest absolute Gasteiger partial charge is 0.442 e. The summed E-state index contributed by atoms with van der Waals surface area (Å²) < 4.78 is 5.53. The van der Waals surface area contributed by atoms with Crippen molar-refractivity contribution in [2.45, 2.75) is 13.5 Å². The summed E-state index contributed by atoms with van der Waals surface area (Å²) >= 11 is 0. The van der Waals surface area contributed by atoms with Gasteiger partial charge in [0.05, 0.1) is 0 Å². The quantitative estimate of drug-likeness (QED) is 0.562. The predicted octanol–water partition coefficient (Wildman–Crippen LogP) is 1.39. The van der Waals surface area contributed by atoms with Crippen molar-refractivity contribution in [1.29, 1.82) is 0 Å². The van der Waals surface area contributed by atoms with Crippen LogP contribution in [0, 0.1) is 0 Å². The summed E-state index contributed by atoms with van der Waals surface area (Å²) in [5.74, 6) is 1.47. The zero-order valence-corrected chi connectivity index (χ0v) is 9.49. The Morgan fingerprint density at radius 2 is 2.06 bits per heavy atom. The molecule has 0 atom stereocenters. The van der Waals surface area contributed by atoms with E-state index in [2.05, 4.69) is 10.6 Å². The molecule has 86 valence electrons. The van der Waals surface area contributed by atoms with Gasteiger partial charge in [-0.05, 0) is 30.7 Å². The first-order chi connectivity index (χ1) is 7.80. The summed E-state index contributed by atoms with van der Waals surface area (Å²) in [7, 11) is 1.80. The second-order valence-corrected chi connectivity index (χ2v) is 3.15. The molecule has 0 saturated carbocycles. The minimum atomic E-state index is 0.534. The van der Waals surface area contributed by atoms with Crippen LogP contribution >= 0.6 is 0 Å². The van der Waals surface area contributed by atoms with Crippen LogP contribution in [-0.4, -0.2) is 13.5 Å². The van der Waals surface area contributed by atoms with Gasteiger partial charge in [0.25, 0.3) is 0 Å². The number of nitrogens with one attached hydrogen (secondary N) is 2. The molecule has 0 radical (unpaired) electrons. The highest BCUT2D eigenvalue weighted by molar-refractivity contribution is 5.46. The summed E-state index contributed by atoms with van der Waals surface area (Å²) in [4.78, 5) is 10.1. The highest BCUT2D eigenvalue weighted by atomic mass is 16.5. The lowest BCUT2D eigenvalue weighted by Gasteiger charge is -2.09. The number of benzene rings is 1. The molecule has 0 spiro atoms. The molecule has 0 aliphatic rings. The van der Waals surface area contributed by atoms with Crippen LogP contribution in [-0.2, 0) is 11.3 Å². The third kappa shape index (κ3) is 3.65. The summed E-state index contributed by atoms with van der Waals surface area (Å²) in [5.41, 5.74) is 1.03. The van der Waals surface area contributed by atoms with Gasteiger partial charge in [-0.25, -0.2) is 0 Å². The van der Waals surface area contributed by atoms with Gasteiger partial charge in [-0.1, -0.05) is 12.1 Å². The summed E-state index contributed by atoms with van der Waals surface area (Å²) in [6, 6.07) is 7.55. The van der Waals surface area contributed by atoms with E-state index in [1.807, 2.05) is 37.3 Å². The topological polar surface area (TPSA) is 50.4 Å². The van der Waals surface area contributed by atoms with Gasteiger partial charge in [-0.15, -0.1) is 0 Å². The lowest BCUT2D eigenvalue weighted by atomic mass is 10.2. The van der Waals surface area contributed by atoms with Gasteiger partial charge >= 0.3 is 0 Å². The molecule has 0 saturated heterocycles. The smallest absolute Gasteiger partial charge is 0.207 e. The molecule has 1 aromatic carbocycles. The molecule has 0 heterocycles. The maximum Gasteiger partial charge on any atom is 0.207 e. The molecule has 0 fully saturated rings. The Morgan fingerprint density at radius 3 is 2.56 bits per heavy atom. The van der Waals surface area contributed by atoms with Crippen molar-refractivity contribution >= 4 is 6.41 Å². The molecule has 4 nitrogen and oxygen atoms in total. The molecule has 1 amide bonds. The fraction of sp³-hybridized carbons (Fsp3) is 0.250. The van der Waals surface area contributed by atoms with E-state index in [4.69, 9.17) is 4.74 Å². The number of ether oxygens (including phenoxy) is 1. The normalized spacial score (nSPS) is 10.8. The molecule has 2 N–H and O–H groups in total. The molecule has 0 aromatic heterocycles. The number of hydrogen-bond acceptors (Lipinski definition) is 3. The van der Waals surface area contributed by atoms with Crippen molar-refractivity contribution in [3.05, 3.63) is 41.8 Å². The summed E-state index contributed by atoms with van der Waals surface area (Å²) in [5, 5.41) is 5.53. The number of carbonyl (C=O) groups is 1. The van der Waals surface area contributed by atoms with Gasteiger partial charge in [0.2, 0.25) is 6.41 Å². The van der Waals surface area contributed by atoms with Gasteiger partial charge < -0.3 is 15.4 Å². The first-order valence-electron chi connectivity index (χ1n) is 5.08. The van der Waals surface area contributed by atoms with Gasteiger partial charge in [0, 0.05) is 13.6 Å². The Labute approximate surface area is 95.3 Å². The van der Waals surface area contributed by atoms with Crippen LogP contribution in [0.15, 0.2) is 36.2 Å². The van der Waals surface area contributed by atoms with Crippen LogP contribution in [0.2, 0.25) is 0 Å². The van der Waals surface area contributed by atoms with E-state index in [0.717, 1.165) is 11.3 Å². The molecular weight excluding hydrogens is 204 g/mol. The minimum Gasteiger partial charge on any atom is -0.442 e. The third-order valence-electron chi connectivity index (χ3n) is 2.05. The third-order valence-corrected chi connectivity index (χ3v) is 2.05. The maximum atomic E-state index is 10.1. The number of hydrogen-bond donors (Lipinski definition) is 2. The molecular formula is C12H16N2O2. The van der Waals surface area contributed by atoms with Crippen LogP contribution in [0.4, 0.5) is 0 Å². The highest BCUT2D eigenvalue weighted by Crippen LogP contribution is 2.14. The van der Waals surface area contributed by atoms with Crippen molar-refractivity contribution in [1.82, 2.24) is 10.6 Å². The van der Waals surface area contributed by atoms with Crippen LogP contribution in [0.3, 0.4) is 0 Å². The Kier molecular flexibility index (Phi) is 4.92. The zero-order valence-electron chi connectivity index (χ0n) is 9.49. The predicted molar refractivity (Wildman–Crippen MR) is 62.8 cm³/mol. The van der Waals surface area contributed by atoms with Gasteiger partial charge in [-0.2, -0.15) is 0 Å². The Hall–Kier alpha value is -1.97. The lowest BCUT2D eigenvalue weighted by Crippen LogP contribution is -2.12. The molecule has 0 unspecified atom stereocenters. The van der Waals surface area contributed by atoms with E-state index >= 15 is 0 Å². The van der Waals surface area contributed by atoms with Gasteiger partial charge in [0.1, 0.15) is 5.75 Å². The van der Waals surface area contributed by atoms with E-state index in [-0.39, 0.29) is 0 Å². The standard InChI is InChI=1S/C12H16N2O2/c1-3-12(13-2)16-11-6-4-10(5-7-11)8-14-9-15/h3-7,9,13H,8H2,1-2H3,(H,14,15)/b12-3+. The van der Waals surface area contributed by atoms with Crippen LogP contribution in [0.1, 0.15) is 12.5 Å². The average molecular weight is 220 g/mol. The molecule has 0 bridgehead atoms. The zero-order chi connectivity index (χ0) is 11.8. The van der Waals surface area contributed by atoms with Crippen molar-refractivity contribution in [2.75, 3.05) is 7.05 Å². The van der Waals surface area contributed by atoms with Crippen LogP contribution in [0.5, 0.6) is 5.75 Å². The fourth-order valence-corrected chi connectivity index (χ4v) is 1.22. The van der Waals surface area contributed by atoms with Gasteiger partial charge in [-0.3, -0.25) is 4.79 Å². The van der Waals surface area contributed by atoms with Crippen LogP contribution < -0.4 is 15.4 Å². The number of carbonyl (C=O) groups excluding carboxylic acids is 1. The molecule has 1 aromatic rings. The first kappa shape index (κ1) is 12.1. The van der Waals surface area contributed by atoms with Crippen LogP contribution in [0.25, 0.3) is 0 Å². The fourth-order valence-electron chi connectivity index (χ4n) is 1.22. The van der Waals surface area contributed by atoms with Crippen molar-refractivity contribution in [2.24, 2.45) is 0 Å². The summed E-state index contributed by atoms with van der Waals surface area (Å²) in [6.07, 6.45) is 2.53. The first-order valence-corrected chi connectivity index (χ1v) is 5.08. The molecule has 1 rings (SSSR count). The van der Waals surface area contributed by atoms with Gasteiger partial charge in [0.15, 0.2) is 5.88 Å². The molecule has 0 aliphatic carbocycles. The van der Waals surface area contributed by atoms with E-state index < -0.39 is 0 Å². The number of allylic oxidation sites excluding steroid dienone is 1. The monoisotopic (exact) mass is 220 g/mol. The van der Waals surface area contributed by atoms with E-state index in [0.29, 0.717) is 18.8 Å². The SMILES string of the molecule is C/C=C(\NC)Oc1ccc(CNC=O)cc1. The maximum absolute atomic E-state index is 10.1. The second-order valence-electron chi connectivity index (χ2n) is 3.15. The molecule has 4 heteroatoms. The minimum absolute atomic E-state index is 0.534. The lowest BCUT2D eigenvalue weighted by molar-refractivity contribution is -0.109. The van der Waals surface area contributed by atoms with Crippen molar-refractivity contribution in [3.63, 3.8) is 0 Å².